The molecule has 6 nitrogen and oxygen atoms in total. The van der Waals surface area contributed by atoms with Crippen LogP contribution in [0.5, 0.6) is 0 Å². The van der Waals surface area contributed by atoms with E-state index in [2.05, 4.69) is 15.3 Å². The molecule has 0 fully saturated rings. The standard InChI is InChI=1S/C18H16ClFN4O2/c1-24(10-17(25)21-11-6-7-14(20)13(19)8-11)9-16-22-15-5-3-2-4-12(15)18(26)23-16/h2-8H,9-10H2,1H3,(H,21,25)(H,22,23,26)/p+1. The largest absolute Gasteiger partial charge is 0.323 e. The lowest BCUT2D eigenvalue weighted by molar-refractivity contribution is -0.885. The highest BCUT2D eigenvalue weighted by Gasteiger charge is 2.14. The molecule has 0 saturated carbocycles. The van der Waals surface area contributed by atoms with Crippen molar-refractivity contribution in [3.05, 3.63) is 69.5 Å². The molecular weight excluding hydrogens is 359 g/mol. The Hall–Kier alpha value is -2.77. The molecule has 2 aromatic carbocycles. The van der Waals surface area contributed by atoms with Crippen LogP contribution in [-0.2, 0) is 11.3 Å². The van der Waals surface area contributed by atoms with E-state index in [0.717, 1.165) is 4.90 Å². The van der Waals surface area contributed by atoms with Gasteiger partial charge in [-0.3, -0.25) is 9.59 Å². The lowest BCUT2D eigenvalue weighted by Crippen LogP contribution is -3.08. The molecule has 0 aliphatic carbocycles. The van der Waals surface area contributed by atoms with Crippen molar-refractivity contribution in [2.75, 3.05) is 18.9 Å². The van der Waals surface area contributed by atoms with Gasteiger partial charge in [-0.15, -0.1) is 0 Å². The molecule has 1 heterocycles. The summed E-state index contributed by atoms with van der Waals surface area (Å²) in [6.07, 6.45) is 0. The summed E-state index contributed by atoms with van der Waals surface area (Å²) in [6, 6.07) is 11.1. The molecule has 8 heteroatoms. The molecule has 0 radical (unpaired) electrons. The maximum atomic E-state index is 13.1. The number of nitrogens with one attached hydrogen (secondary N) is 3. The second-order valence-electron chi connectivity index (χ2n) is 6.02. The number of amides is 1. The van der Waals surface area contributed by atoms with Crippen LogP contribution in [0.1, 0.15) is 5.82 Å². The second-order valence-corrected chi connectivity index (χ2v) is 6.42. The molecule has 26 heavy (non-hydrogen) atoms. The molecule has 1 atom stereocenters. The van der Waals surface area contributed by atoms with Crippen LogP contribution < -0.4 is 15.8 Å². The van der Waals surface area contributed by atoms with Gasteiger partial charge in [0.2, 0.25) is 0 Å². The summed E-state index contributed by atoms with van der Waals surface area (Å²) in [5, 5.41) is 3.14. The Bertz CT molecular complexity index is 1020. The van der Waals surface area contributed by atoms with Gasteiger partial charge in [0, 0.05) is 5.69 Å². The Labute approximate surface area is 153 Å². The monoisotopic (exact) mass is 375 g/mol. The van der Waals surface area contributed by atoms with Crippen LogP contribution in [0.15, 0.2) is 47.3 Å². The summed E-state index contributed by atoms with van der Waals surface area (Å²) in [6.45, 7) is 0.517. The lowest BCUT2D eigenvalue weighted by atomic mass is 10.2. The average molecular weight is 376 g/mol. The molecule has 3 aromatic rings. The minimum Gasteiger partial charge on any atom is -0.323 e. The Morgan fingerprint density at radius 3 is 2.85 bits per heavy atom. The summed E-state index contributed by atoms with van der Waals surface area (Å²) >= 11 is 5.70. The summed E-state index contributed by atoms with van der Waals surface area (Å²) in [7, 11) is 1.81. The maximum absolute atomic E-state index is 13.1. The number of nitrogens with zero attached hydrogens (tertiary/aromatic N) is 1. The fourth-order valence-electron chi connectivity index (χ4n) is 2.62. The minimum absolute atomic E-state index is 0.0542. The Morgan fingerprint density at radius 2 is 2.08 bits per heavy atom. The summed E-state index contributed by atoms with van der Waals surface area (Å²) < 4.78 is 13.1. The maximum Gasteiger partial charge on any atom is 0.279 e. The van der Waals surface area contributed by atoms with E-state index in [9.17, 15) is 14.0 Å². The van der Waals surface area contributed by atoms with Crippen LogP contribution in [0.4, 0.5) is 10.1 Å². The predicted octanol–water partition coefficient (Wildman–Crippen LogP) is 1.37. The second kappa shape index (κ2) is 7.63. The number of rotatable bonds is 5. The van der Waals surface area contributed by atoms with Crippen LogP contribution in [0.25, 0.3) is 10.9 Å². The van der Waals surface area contributed by atoms with Crippen molar-refractivity contribution >= 4 is 34.1 Å². The number of likely N-dealkylation sites (N-methyl/N-ethyl adjacent to an activating group) is 1. The van der Waals surface area contributed by atoms with Gasteiger partial charge in [-0.05, 0) is 30.3 Å². The highest BCUT2D eigenvalue weighted by atomic mass is 35.5. The predicted molar refractivity (Wildman–Crippen MR) is 97.9 cm³/mol. The smallest absolute Gasteiger partial charge is 0.279 e. The zero-order valence-electron chi connectivity index (χ0n) is 14.0. The number of halogens is 2. The topological polar surface area (TPSA) is 79.3 Å². The van der Waals surface area contributed by atoms with Gasteiger partial charge in [-0.25, -0.2) is 9.37 Å². The number of carbonyl (C=O) groups is 1. The van der Waals surface area contributed by atoms with Crippen molar-refractivity contribution in [2.45, 2.75) is 6.54 Å². The van der Waals surface area contributed by atoms with E-state index >= 15 is 0 Å². The molecule has 0 aliphatic rings. The van der Waals surface area contributed by atoms with Gasteiger partial charge >= 0.3 is 0 Å². The van der Waals surface area contributed by atoms with Gasteiger partial charge in [0.25, 0.3) is 11.5 Å². The molecule has 1 unspecified atom stereocenters. The van der Waals surface area contributed by atoms with Crippen LogP contribution >= 0.6 is 11.6 Å². The molecule has 3 N–H and O–H groups in total. The number of H-pyrrole nitrogens is 1. The number of hydrogen-bond donors (Lipinski definition) is 3. The van der Waals surface area contributed by atoms with E-state index in [1.165, 1.54) is 18.2 Å². The first-order valence-corrected chi connectivity index (χ1v) is 8.34. The van der Waals surface area contributed by atoms with Gasteiger partial charge in [-0.1, -0.05) is 23.7 Å². The van der Waals surface area contributed by atoms with Crippen molar-refractivity contribution in [3.8, 4) is 0 Å². The number of aromatic nitrogens is 2. The molecule has 0 aliphatic heterocycles. The fraction of sp³-hybridized carbons (Fsp3) is 0.167. The van der Waals surface area contributed by atoms with E-state index in [4.69, 9.17) is 11.6 Å². The summed E-state index contributed by atoms with van der Waals surface area (Å²) in [5.74, 6) is -0.295. The zero-order valence-corrected chi connectivity index (χ0v) is 14.7. The normalized spacial score (nSPS) is 12.1. The number of aromatic amines is 1. The van der Waals surface area contributed by atoms with Crippen LogP contribution in [0, 0.1) is 5.82 Å². The van der Waals surface area contributed by atoms with Gasteiger partial charge in [-0.2, -0.15) is 0 Å². The molecule has 0 spiro atoms. The van der Waals surface area contributed by atoms with Crippen molar-refractivity contribution in [1.82, 2.24) is 9.97 Å². The first kappa shape index (κ1) is 18.0. The fourth-order valence-corrected chi connectivity index (χ4v) is 2.80. The molecule has 3 rings (SSSR count). The van der Waals surface area contributed by atoms with E-state index in [-0.39, 0.29) is 23.0 Å². The minimum atomic E-state index is -0.543. The number of fused-ring (bicyclic) bond motifs is 1. The molecular formula is C18H17ClFN4O2+. The lowest BCUT2D eigenvalue weighted by Gasteiger charge is -2.13. The average Bonchev–Trinajstić information content (AvgIpc) is 2.58. The third-order valence-electron chi connectivity index (χ3n) is 3.80. The quantitative estimate of drug-likeness (QED) is 0.630. The number of hydrogen-bond acceptors (Lipinski definition) is 3. The van der Waals surface area contributed by atoms with E-state index in [0.29, 0.717) is 29.0 Å². The van der Waals surface area contributed by atoms with Crippen molar-refractivity contribution < 1.29 is 14.1 Å². The van der Waals surface area contributed by atoms with Crippen molar-refractivity contribution in [3.63, 3.8) is 0 Å². The van der Waals surface area contributed by atoms with Crippen LogP contribution in [0.2, 0.25) is 5.02 Å². The van der Waals surface area contributed by atoms with Gasteiger partial charge in [0.05, 0.1) is 23.0 Å². The molecule has 0 saturated heterocycles. The Kier molecular flexibility index (Phi) is 5.29. The third-order valence-corrected chi connectivity index (χ3v) is 4.09. The number of anilines is 1. The molecule has 0 bridgehead atoms. The molecule has 1 amide bonds. The first-order chi connectivity index (χ1) is 12.4. The first-order valence-electron chi connectivity index (χ1n) is 7.96. The zero-order chi connectivity index (χ0) is 18.7. The van der Waals surface area contributed by atoms with E-state index in [1.54, 1.807) is 18.2 Å². The van der Waals surface area contributed by atoms with E-state index < -0.39 is 5.82 Å². The highest BCUT2D eigenvalue weighted by molar-refractivity contribution is 6.31. The molecule has 134 valence electrons. The molecule has 1 aromatic heterocycles. The van der Waals surface area contributed by atoms with Gasteiger partial charge in [0.1, 0.15) is 12.4 Å². The summed E-state index contributed by atoms with van der Waals surface area (Å²) in [5.41, 5.74) is 0.833. The van der Waals surface area contributed by atoms with E-state index in [1.807, 2.05) is 13.1 Å². The number of para-hydroxylation sites is 1. The van der Waals surface area contributed by atoms with Crippen LogP contribution in [0.3, 0.4) is 0 Å². The number of carbonyl (C=O) groups excluding carboxylic acids is 1. The number of quaternary nitrogens is 1. The SMILES string of the molecule is C[NH+](CC(=O)Nc1ccc(F)c(Cl)c1)Cc1nc2ccccc2c(=O)[nH]1. The van der Waals surface area contributed by atoms with Gasteiger partial charge < -0.3 is 15.2 Å². The Morgan fingerprint density at radius 1 is 1.31 bits per heavy atom. The highest BCUT2D eigenvalue weighted by Crippen LogP contribution is 2.19. The number of benzene rings is 2. The van der Waals surface area contributed by atoms with Crippen molar-refractivity contribution in [2.24, 2.45) is 0 Å². The van der Waals surface area contributed by atoms with Crippen LogP contribution in [-0.4, -0.2) is 29.5 Å². The van der Waals surface area contributed by atoms with Crippen molar-refractivity contribution in [1.29, 1.82) is 0 Å². The Balaban J connectivity index is 1.64. The van der Waals surface area contributed by atoms with Gasteiger partial charge in [0.15, 0.2) is 12.4 Å². The third kappa shape index (κ3) is 4.25. The summed E-state index contributed by atoms with van der Waals surface area (Å²) in [4.78, 5) is 32.2.